The van der Waals surface area contributed by atoms with Crippen molar-refractivity contribution in [2.75, 3.05) is 5.73 Å². The van der Waals surface area contributed by atoms with E-state index in [1.807, 2.05) is 77.4 Å². The van der Waals surface area contributed by atoms with Crippen LogP contribution in [-0.2, 0) is 13.0 Å². The number of anilines is 1. The second-order valence-electron chi connectivity index (χ2n) is 8.40. The standard InChI is InChI=1S/C24H22N2O.C5H4N4S/c1-2-20-15-19-7-6-10-22(18-13-11-17(16-25)12-14-18)23(19)24(27)26(20)21-8-4-3-5-9-21;6-4-3-5(8-1-7-4)10-2-9-3/h3-15H,2,16,25H2,1H3;1-2H,(H2,6,7,8). The van der Waals surface area contributed by atoms with Crippen molar-refractivity contribution in [2.45, 2.75) is 19.9 Å². The molecule has 0 unspecified atom stereocenters. The number of nitrogens with two attached hydrogens (primary N) is 2. The highest BCUT2D eigenvalue weighted by atomic mass is 32.1. The van der Waals surface area contributed by atoms with E-state index in [0.29, 0.717) is 17.9 Å². The Morgan fingerprint density at radius 3 is 2.41 bits per heavy atom. The van der Waals surface area contributed by atoms with Crippen LogP contribution in [0.4, 0.5) is 5.82 Å². The van der Waals surface area contributed by atoms with Crippen molar-refractivity contribution >= 4 is 38.3 Å². The summed E-state index contributed by atoms with van der Waals surface area (Å²) in [5, 5.41) is 1.73. The van der Waals surface area contributed by atoms with Gasteiger partial charge in [-0.1, -0.05) is 67.6 Å². The van der Waals surface area contributed by atoms with Gasteiger partial charge in [0.25, 0.3) is 5.56 Å². The van der Waals surface area contributed by atoms with E-state index in [4.69, 9.17) is 11.5 Å². The minimum Gasteiger partial charge on any atom is -0.382 e. The Balaban J connectivity index is 0.000000233. The van der Waals surface area contributed by atoms with Gasteiger partial charge in [0.05, 0.1) is 10.9 Å². The van der Waals surface area contributed by atoms with Crippen LogP contribution < -0.4 is 17.0 Å². The summed E-state index contributed by atoms with van der Waals surface area (Å²) in [6.45, 7) is 2.59. The molecule has 0 saturated heterocycles. The van der Waals surface area contributed by atoms with Crippen LogP contribution >= 0.6 is 11.3 Å². The third kappa shape index (κ3) is 4.84. The Labute approximate surface area is 218 Å². The Morgan fingerprint density at radius 1 is 0.919 bits per heavy atom. The van der Waals surface area contributed by atoms with Gasteiger partial charge in [-0.2, -0.15) is 0 Å². The molecule has 6 aromatic rings. The Bertz CT molecular complexity index is 1730. The highest BCUT2D eigenvalue weighted by Gasteiger charge is 2.14. The van der Waals surface area contributed by atoms with Gasteiger partial charge in [0.1, 0.15) is 16.7 Å². The maximum absolute atomic E-state index is 13.6. The van der Waals surface area contributed by atoms with E-state index in [0.717, 1.165) is 50.1 Å². The summed E-state index contributed by atoms with van der Waals surface area (Å²) < 4.78 is 1.83. The number of benzene rings is 3. The van der Waals surface area contributed by atoms with Gasteiger partial charge in [0, 0.05) is 17.9 Å². The van der Waals surface area contributed by atoms with Crippen LogP contribution in [0.5, 0.6) is 0 Å². The molecule has 4 N–H and O–H groups in total. The Kier molecular flexibility index (Phi) is 7.02. The number of aryl methyl sites for hydroxylation is 1. The number of rotatable bonds is 4. The SMILES string of the molecule is CCc1cc2cccc(-c3ccc(CN)cc3)c2c(=O)n1-c1ccccc1.Nc1ncnc2scnc12. The highest BCUT2D eigenvalue weighted by Crippen LogP contribution is 2.28. The first kappa shape index (κ1) is 24.3. The smallest absolute Gasteiger partial charge is 0.263 e. The maximum Gasteiger partial charge on any atom is 0.263 e. The van der Waals surface area contributed by atoms with Crippen molar-refractivity contribution in [2.24, 2.45) is 5.73 Å². The Hall–Kier alpha value is -4.40. The number of pyridine rings is 1. The molecule has 184 valence electrons. The van der Waals surface area contributed by atoms with Crippen LogP contribution in [0.2, 0.25) is 0 Å². The number of aromatic nitrogens is 4. The van der Waals surface area contributed by atoms with Crippen molar-refractivity contribution in [1.29, 1.82) is 0 Å². The third-order valence-corrected chi connectivity index (χ3v) is 6.90. The summed E-state index contributed by atoms with van der Waals surface area (Å²) in [6.07, 6.45) is 2.23. The molecule has 0 saturated carbocycles. The van der Waals surface area contributed by atoms with E-state index in [2.05, 4.69) is 27.9 Å². The van der Waals surface area contributed by atoms with Crippen LogP contribution in [-0.4, -0.2) is 19.5 Å². The zero-order chi connectivity index (χ0) is 25.8. The molecule has 3 aromatic heterocycles. The Morgan fingerprint density at radius 2 is 1.70 bits per heavy atom. The van der Waals surface area contributed by atoms with Crippen molar-refractivity contribution in [1.82, 2.24) is 19.5 Å². The number of hydrogen-bond donors (Lipinski definition) is 2. The van der Waals surface area contributed by atoms with Crippen LogP contribution in [0.1, 0.15) is 18.2 Å². The minimum absolute atomic E-state index is 0.0223. The molecule has 0 spiro atoms. The normalized spacial score (nSPS) is 10.9. The fourth-order valence-electron chi connectivity index (χ4n) is 4.31. The van der Waals surface area contributed by atoms with Gasteiger partial charge in [-0.05, 0) is 46.7 Å². The first-order chi connectivity index (χ1) is 18.1. The van der Waals surface area contributed by atoms with Gasteiger partial charge in [-0.25, -0.2) is 15.0 Å². The summed E-state index contributed by atoms with van der Waals surface area (Å²) in [4.78, 5) is 26.2. The minimum atomic E-state index is 0.0223. The lowest BCUT2D eigenvalue weighted by Crippen LogP contribution is -2.22. The number of nitrogen functional groups attached to an aromatic ring is 1. The van der Waals surface area contributed by atoms with E-state index >= 15 is 0 Å². The number of thiazole rings is 1. The number of nitrogens with zero attached hydrogens (tertiary/aromatic N) is 4. The predicted octanol–water partition coefficient (Wildman–Crippen LogP) is 5.35. The second kappa shape index (κ2) is 10.7. The molecule has 0 amide bonds. The van der Waals surface area contributed by atoms with Crippen molar-refractivity contribution in [3.05, 3.63) is 112 Å². The molecule has 3 aromatic carbocycles. The fourth-order valence-corrected chi connectivity index (χ4v) is 4.94. The lowest BCUT2D eigenvalue weighted by atomic mass is 9.97. The molecule has 6 rings (SSSR count). The van der Waals surface area contributed by atoms with E-state index in [1.54, 1.807) is 5.51 Å². The average molecular weight is 507 g/mol. The van der Waals surface area contributed by atoms with Crippen LogP contribution in [0.25, 0.3) is 37.9 Å². The first-order valence-electron chi connectivity index (χ1n) is 11.9. The van der Waals surface area contributed by atoms with Crippen LogP contribution in [0, 0.1) is 0 Å². The third-order valence-electron chi connectivity index (χ3n) is 6.16. The average Bonchev–Trinajstić information content (AvgIpc) is 3.44. The molecule has 0 bridgehead atoms. The van der Waals surface area contributed by atoms with Gasteiger partial charge < -0.3 is 11.5 Å². The monoisotopic (exact) mass is 506 g/mol. The quantitative estimate of drug-likeness (QED) is 0.333. The van der Waals surface area contributed by atoms with Crippen molar-refractivity contribution in [3.8, 4) is 16.8 Å². The highest BCUT2D eigenvalue weighted by molar-refractivity contribution is 7.16. The van der Waals surface area contributed by atoms with Crippen LogP contribution in [0.3, 0.4) is 0 Å². The predicted molar refractivity (Wildman–Crippen MR) is 152 cm³/mol. The number of para-hydroxylation sites is 1. The lowest BCUT2D eigenvalue weighted by molar-refractivity contribution is 0.889. The summed E-state index contributed by atoms with van der Waals surface area (Å²) in [6, 6.07) is 26.1. The van der Waals surface area contributed by atoms with Gasteiger partial charge in [-0.15, -0.1) is 11.3 Å². The van der Waals surface area contributed by atoms with Gasteiger partial charge in [0.2, 0.25) is 0 Å². The molecule has 0 fully saturated rings. The molecule has 0 aliphatic heterocycles. The van der Waals surface area contributed by atoms with Crippen LogP contribution in [0.15, 0.2) is 95.5 Å². The topological polar surface area (TPSA) is 113 Å². The largest absolute Gasteiger partial charge is 0.382 e. The van der Waals surface area contributed by atoms with E-state index in [9.17, 15) is 4.79 Å². The van der Waals surface area contributed by atoms with Gasteiger partial charge >= 0.3 is 0 Å². The second-order valence-corrected chi connectivity index (χ2v) is 9.23. The van der Waals surface area contributed by atoms with E-state index < -0.39 is 0 Å². The van der Waals surface area contributed by atoms with Gasteiger partial charge in [-0.3, -0.25) is 9.36 Å². The molecule has 0 atom stereocenters. The summed E-state index contributed by atoms with van der Waals surface area (Å²) in [7, 11) is 0. The molecule has 7 nitrogen and oxygen atoms in total. The van der Waals surface area contributed by atoms with Gasteiger partial charge in [0.15, 0.2) is 5.82 Å². The molecule has 37 heavy (non-hydrogen) atoms. The molecule has 0 aliphatic rings. The van der Waals surface area contributed by atoms with E-state index in [-0.39, 0.29) is 5.56 Å². The summed E-state index contributed by atoms with van der Waals surface area (Å²) in [5.41, 5.74) is 18.6. The number of hydrogen-bond acceptors (Lipinski definition) is 7. The first-order valence-corrected chi connectivity index (χ1v) is 12.8. The zero-order valence-electron chi connectivity index (χ0n) is 20.3. The molecular weight excluding hydrogens is 480 g/mol. The molecule has 3 heterocycles. The van der Waals surface area contributed by atoms with Crippen molar-refractivity contribution in [3.63, 3.8) is 0 Å². The van der Waals surface area contributed by atoms with Crippen molar-refractivity contribution < 1.29 is 0 Å². The summed E-state index contributed by atoms with van der Waals surface area (Å²) >= 11 is 1.46. The fraction of sp³-hybridized carbons (Fsp3) is 0.103. The summed E-state index contributed by atoms with van der Waals surface area (Å²) in [5.74, 6) is 0.450. The molecule has 0 aliphatic carbocycles. The lowest BCUT2D eigenvalue weighted by Gasteiger charge is -2.15. The molecule has 0 radical (unpaired) electrons. The molecular formula is C29H26N6OS. The molecule has 8 heteroatoms. The maximum atomic E-state index is 13.6. The zero-order valence-corrected chi connectivity index (χ0v) is 21.2. The van der Waals surface area contributed by atoms with E-state index in [1.165, 1.54) is 17.7 Å². The number of fused-ring (bicyclic) bond motifs is 2.